The maximum absolute atomic E-state index is 10.5. The van der Waals surface area contributed by atoms with Gasteiger partial charge >= 0.3 is 0 Å². The molecule has 0 bridgehead atoms. The highest BCUT2D eigenvalue weighted by molar-refractivity contribution is 5.38. The molecule has 0 aliphatic heterocycles. The third-order valence-electron chi connectivity index (χ3n) is 3.16. The van der Waals surface area contributed by atoms with Crippen LogP contribution in [-0.4, -0.2) is 22.0 Å². The molecule has 0 amide bonds. The molecule has 1 heterocycles. The number of benzene rings is 1. The standard InChI is InChI=1S/C14H18N2O2/c1-4-10-7-5-6-8-11(10)14(17)13-12(18-3)9-15-16(13)2/h5-9,14,17H,4H2,1-3H3. The van der Waals surface area contributed by atoms with Gasteiger partial charge in [0.2, 0.25) is 0 Å². The lowest BCUT2D eigenvalue weighted by Crippen LogP contribution is -2.10. The molecule has 18 heavy (non-hydrogen) atoms. The Morgan fingerprint density at radius 3 is 2.78 bits per heavy atom. The number of aliphatic hydroxyl groups is 1. The van der Waals surface area contributed by atoms with Gasteiger partial charge in [-0.15, -0.1) is 0 Å². The predicted octanol–water partition coefficient (Wildman–Crippen LogP) is 2.07. The highest BCUT2D eigenvalue weighted by Gasteiger charge is 2.21. The molecule has 1 aromatic heterocycles. The fourth-order valence-electron chi connectivity index (χ4n) is 2.17. The van der Waals surface area contributed by atoms with Crippen LogP contribution in [0.5, 0.6) is 5.75 Å². The third-order valence-corrected chi connectivity index (χ3v) is 3.16. The van der Waals surface area contributed by atoms with E-state index in [2.05, 4.69) is 12.0 Å². The lowest BCUT2D eigenvalue weighted by molar-refractivity contribution is 0.203. The second kappa shape index (κ2) is 5.23. The van der Waals surface area contributed by atoms with Crippen molar-refractivity contribution in [3.63, 3.8) is 0 Å². The zero-order valence-electron chi connectivity index (χ0n) is 10.9. The predicted molar refractivity (Wildman–Crippen MR) is 69.6 cm³/mol. The van der Waals surface area contributed by atoms with E-state index in [-0.39, 0.29) is 0 Å². The second-order valence-electron chi connectivity index (χ2n) is 4.18. The Hall–Kier alpha value is -1.81. The summed E-state index contributed by atoms with van der Waals surface area (Å²) in [7, 11) is 3.38. The van der Waals surface area contributed by atoms with Gasteiger partial charge < -0.3 is 9.84 Å². The highest BCUT2D eigenvalue weighted by Crippen LogP contribution is 2.31. The third kappa shape index (κ3) is 2.11. The van der Waals surface area contributed by atoms with Gasteiger partial charge in [0.05, 0.1) is 13.3 Å². The van der Waals surface area contributed by atoms with Crippen LogP contribution in [0, 0.1) is 0 Å². The minimum atomic E-state index is -0.719. The Morgan fingerprint density at radius 2 is 2.11 bits per heavy atom. The van der Waals surface area contributed by atoms with E-state index in [0.29, 0.717) is 11.4 Å². The summed E-state index contributed by atoms with van der Waals surface area (Å²) in [6.07, 6.45) is 1.78. The van der Waals surface area contributed by atoms with E-state index < -0.39 is 6.10 Å². The molecular formula is C14H18N2O2. The smallest absolute Gasteiger partial charge is 0.162 e. The number of aliphatic hydroxyl groups excluding tert-OH is 1. The highest BCUT2D eigenvalue weighted by atomic mass is 16.5. The first-order valence-electron chi connectivity index (χ1n) is 6.00. The number of rotatable bonds is 4. The molecule has 1 atom stereocenters. The molecule has 0 spiro atoms. The average molecular weight is 246 g/mol. The van der Waals surface area contributed by atoms with Crippen LogP contribution in [0.3, 0.4) is 0 Å². The molecule has 4 nitrogen and oxygen atoms in total. The monoisotopic (exact) mass is 246 g/mol. The maximum Gasteiger partial charge on any atom is 0.162 e. The van der Waals surface area contributed by atoms with Crippen molar-refractivity contribution in [3.8, 4) is 5.75 Å². The fraction of sp³-hybridized carbons (Fsp3) is 0.357. The van der Waals surface area contributed by atoms with E-state index in [4.69, 9.17) is 4.74 Å². The topological polar surface area (TPSA) is 47.3 Å². The first-order chi connectivity index (χ1) is 8.69. The van der Waals surface area contributed by atoms with Crippen LogP contribution in [0.1, 0.15) is 29.8 Å². The van der Waals surface area contributed by atoms with Gasteiger partial charge in [0.25, 0.3) is 0 Å². The van der Waals surface area contributed by atoms with Gasteiger partial charge in [-0.3, -0.25) is 4.68 Å². The van der Waals surface area contributed by atoms with Crippen LogP contribution in [0.25, 0.3) is 0 Å². The molecule has 96 valence electrons. The Labute approximate surface area is 107 Å². The van der Waals surface area contributed by atoms with Crippen molar-refractivity contribution in [2.24, 2.45) is 7.05 Å². The molecule has 0 aliphatic rings. The van der Waals surface area contributed by atoms with E-state index in [9.17, 15) is 5.11 Å². The zero-order chi connectivity index (χ0) is 13.1. The van der Waals surface area contributed by atoms with Gasteiger partial charge in [-0.05, 0) is 17.5 Å². The first kappa shape index (κ1) is 12.6. The quantitative estimate of drug-likeness (QED) is 0.898. The number of nitrogens with zero attached hydrogens (tertiary/aromatic N) is 2. The molecule has 1 unspecified atom stereocenters. The zero-order valence-corrected chi connectivity index (χ0v) is 10.9. The number of hydrogen-bond acceptors (Lipinski definition) is 3. The molecule has 0 radical (unpaired) electrons. The summed E-state index contributed by atoms with van der Waals surface area (Å²) in [6.45, 7) is 2.08. The molecule has 2 rings (SSSR count). The largest absolute Gasteiger partial charge is 0.493 e. The second-order valence-corrected chi connectivity index (χ2v) is 4.18. The normalized spacial score (nSPS) is 12.4. The van der Waals surface area contributed by atoms with E-state index in [0.717, 1.165) is 17.5 Å². The van der Waals surface area contributed by atoms with Gasteiger partial charge in [0.1, 0.15) is 11.8 Å². The minimum absolute atomic E-state index is 0.607. The number of ether oxygens (including phenoxy) is 1. The molecular weight excluding hydrogens is 228 g/mol. The van der Waals surface area contributed by atoms with Crippen molar-refractivity contribution in [3.05, 3.63) is 47.3 Å². The Balaban J connectivity index is 2.47. The lowest BCUT2D eigenvalue weighted by Gasteiger charge is -2.16. The van der Waals surface area contributed by atoms with Gasteiger partial charge in [-0.2, -0.15) is 5.10 Å². The van der Waals surface area contributed by atoms with E-state index >= 15 is 0 Å². The molecule has 0 saturated carbocycles. The van der Waals surface area contributed by atoms with Crippen molar-refractivity contribution in [2.45, 2.75) is 19.4 Å². The lowest BCUT2D eigenvalue weighted by atomic mass is 9.98. The van der Waals surface area contributed by atoms with Gasteiger partial charge in [0, 0.05) is 7.05 Å². The Morgan fingerprint density at radius 1 is 1.39 bits per heavy atom. The van der Waals surface area contributed by atoms with Gasteiger partial charge in [-0.25, -0.2) is 0 Å². The average Bonchev–Trinajstić information content (AvgIpc) is 2.79. The molecule has 4 heteroatoms. The van der Waals surface area contributed by atoms with Crippen LogP contribution < -0.4 is 4.74 Å². The van der Waals surface area contributed by atoms with Crippen LogP contribution in [0.15, 0.2) is 30.5 Å². The molecule has 0 aliphatic carbocycles. The molecule has 1 N–H and O–H groups in total. The number of aryl methyl sites for hydroxylation is 2. The molecule has 2 aromatic rings. The number of methoxy groups -OCH3 is 1. The molecule has 1 aromatic carbocycles. The SMILES string of the molecule is CCc1ccccc1C(O)c1c(OC)cnn1C. The van der Waals surface area contributed by atoms with Gasteiger partial charge in [-0.1, -0.05) is 31.2 Å². The number of aromatic nitrogens is 2. The van der Waals surface area contributed by atoms with Crippen LogP contribution in [0.4, 0.5) is 0 Å². The summed E-state index contributed by atoms with van der Waals surface area (Å²) in [5, 5.41) is 14.7. The van der Waals surface area contributed by atoms with Crippen molar-refractivity contribution < 1.29 is 9.84 Å². The first-order valence-corrected chi connectivity index (χ1v) is 6.00. The summed E-state index contributed by atoms with van der Waals surface area (Å²) in [5.41, 5.74) is 2.72. The summed E-state index contributed by atoms with van der Waals surface area (Å²) in [5.74, 6) is 0.607. The van der Waals surface area contributed by atoms with E-state index in [1.54, 1.807) is 25.0 Å². The minimum Gasteiger partial charge on any atom is -0.493 e. The van der Waals surface area contributed by atoms with Crippen LogP contribution in [0.2, 0.25) is 0 Å². The van der Waals surface area contributed by atoms with Crippen LogP contribution in [-0.2, 0) is 13.5 Å². The summed E-state index contributed by atoms with van der Waals surface area (Å²) < 4.78 is 6.89. The summed E-state index contributed by atoms with van der Waals surface area (Å²) in [4.78, 5) is 0. The summed E-state index contributed by atoms with van der Waals surface area (Å²) >= 11 is 0. The Kier molecular flexibility index (Phi) is 3.67. The van der Waals surface area contributed by atoms with E-state index in [1.165, 1.54) is 0 Å². The van der Waals surface area contributed by atoms with Crippen molar-refractivity contribution in [1.29, 1.82) is 0 Å². The van der Waals surface area contributed by atoms with Crippen LogP contribution >= 0.6 is 0 Å². The Bertz CT molecular complexity index is 534. The molecule has 0 saturated heterocycles. The maximum atomic E-state index is 10.5. The van der Waals surface area contributed by atoms with Crippen molar-refractivity contribution in [1.82, 2.24) is 9.78 Å². The van der Waals surface area contributed by atoms with Gasteiger partial charge in [0.15, 0.2) is 5.75 Å². The molecule has 0 fully saturated rings. The van der Waals surface area contributed by atoms with Crippen molar-refractivity contribution in [2.75, 3.05) is 7.11 Å². The van der Waals surface area contributed by atoms with E-state index in [1.807, 2.05) is 24.3 Å². The fourth-order valence-corrected chi connectivity index (χ4v) is 2.17. The van der Waals surface area contributed by atoms with Crippen molar-refractivity contribution >= 4 is 0 Å². The number of hydrogen-bond donors (Lipinski definition) is 1. The summed E-state index contributed by atoms with van der Waals surface area (Å²) in [6, 6.07) is 7.88.